The molecule has 0 spiro atoms. The summed E-state index contributed by atoms with van der Waals surface area (Å²) in [5.41, 5.74) is 0.464. The Labute approximate surface area is 134 Å². The van der Waals surface area contributed by atoms with Crippen LogP contribution in [0.25, 0.3) is 6.08 Å². The molecule has 0 saturated carbocycles. The van der Waals surface area contributed by atoms with E-state index < -0.39 is 4.92 Å². The predicted octanol–water partition coefficient (Wildman–Crippen LogP) is 3.94. The molecule has 22 heavy (non-hydrogen) atoms. The number of non-ortho nitro benzene ring substituents is 1. The van der Waals surface area contributed by atoms with Crippen LogP contribution in [0.15, 0.2) is 29.8 Å². The van der Waals surface area contributed by atoms with E-state index in [-0.39, 0.29) is 29.2 Å². The smallest absolute Gasteiger partial charge is 0.270 e. The number of carbonyl (C=O) groups excluding carboxylic acids is 2. The highest BCUT2D eigenvalue weighted by Gasteiger charge is 2.15. The highest BCUT2D eigenvalue weighted by molar-refractivity contribution is 6.22. The van der Waals surface area contributed by atoms with E-state index in [0.717, 1.165) is 12.8 Å². The lowest BCUT2D eigenvalue weighted by Crippen LogP contribution is -2.10. The van der Waals surface area contributed by atoms with Gasteiger partial charge in [-0.2, -0.15) is 0 Å². The average molecular weight is 324 g/mol. The number of nitro benzene ring substituents is 1. The number of Topliss-reactive ketones (excluding diaryl/α,β-unsaturated/α-hetero) is 2. The third-order valence-corrected chi connectivity index (χ3v) is 3.38. The summed E-state index contributed by atoms with van der Waals surface area (Å²) in [6.45, 7) is 1.32. The van der Waals surface area contributed by atoms with Crippen LogP contribution in [0.4, 0.5) is 5.69 Å². The summed E-state index contributed by atoms with van der Waals surface area (Å²) in [4.78, 5) is 34.0. The number of rotatable bonds is 9. The van der Waals surface area contributed by atoms with Crippen LogP contribution >= 0.6 is 11.6 Å². The lowest BCUT2D eigenvalue weighted by atomic mass is 9.99. The third-order valence-electron chi connectivity index (χ3n) is 3.11. The molecule has 0 aromatic heterocycles. The van der Waals surface area contributed by atoms with Crippen LogP contribution in [0, 0.1) is 10.1 Å². The number of halogens is 1. The van der Waals surface area contributed by atoms with Crippen LogP contribution in [0.1, 0.15) is 38.2 Å². The van der Waals surface area contributed by atoms with E-state index in [1.54, 1.807) is 6.07 Å². The molecule has 0 N–H and O–H groups in total. The largest absolute Gasteiger partial charge is 0.294 e. The molecule has 5 nitrogen and oxygen atoms in total. The van der Waals surface area contributed by atoms with Crippen LogP contribution in [-0.2, 0) is 9.59 Å². The van der Waals surface area contributed by atoms with Crippen LogP contribution in [0.5, 0.6) is 0 Å². The van der Waals surface area contributed by atoms with Crippen molar-refractivity contribution in [2.24, 2.45) is 0 Å². The van der Waals surface area contributed by atoms with E-state index in [9.17, 15) is 19.7 Å². The van der Waals surface area contributed by atoms with Crippen molar-refractivity contribution in [1.82, 2.24) is 0 Å². The molecule has 6 heteroatoms. The number of ketones is 2. The van der Waals surface area contributed by atoms with E-state index >= 15 is 0 Å². The van der Waals surface area contributed by atoms with Crippen molar-refractivity contribution in [3.05, 3.63) is 45.5 Å². The maximum atomic E-state index is 12.1. The minimum Gasteiger partial charge on any atom is -0.294 e. The van der Waals surface area contributed by atoms with Crippen molar-refractivity contribution in [2.45, 2.75) is 32.6 Å². The van der Waals surface area contributed by atoms with E-state index in [4.69, 9.17) is 11.6 Å². The summed E-state index contributed by atoms with van der Waals surface area (Å²) in [6, 6.07) is 5.84. The molecule has 1 rings (SSSR count). The van der Waals surface area contributed by atoms with E-state index in [1.807, 2.05) is 0 Å². The molecule has 0 fully saturated rings. The van der Waals surface area contributed by atoms with Gasteiger partial charge in [-0.3, -0.25) is 19.7 Å². The maximum Gasteiger partial charge on any atom is 0.270 e. The Kier molecular flexibility index (Phi) is 7.46. The minimum atomic E-state index is -0.515. The van der Waals surface area contributed by atoms with E-state index in [2.05, 4.69) is 0 Å². The number of carbonyl (C=O) groups is 2. The average Bonchev–Trinajstić information content (AvgIpc) is 2.49. The Hall–Kier alpha value is -2.01. The molecule has 0 aliphatic heterocycles. The van der Waals surface area contributed by atoms with Gasteiger partial charge in [0, 0.05) is 24.4 Å². The van der Waals surface area contributed by atoms with Gasteiger partial charge < -0.3 is 0 Å². The fraction of sp³-hybridized carbons (Fsp3) is 0.375. The van der Waals surface area contributed by atoms with Gasteiger partial charge in [-0.1, -0.05) is 18.6 Å². The minimum absolute atomic E-state index is 0.0753. The van der Waals surface area contributed by atoms with Gasteiger partial charge in [0.2, 0.25) is 0 Å². The van der Waals surface area contributed by atoms with Gasteiger partial charge in [0.1, 0.15) is 0 Å². The van der Waals surface area contributed by atoms with Crippen LogP contribution in [-0.4, -0.2) is 22.4 Å². The number of unbranched alkanes of at least 4 members (excludes halogenated alkanes) is 2. The quantitative estimate of drug-likeness (QED) is 0.131. The predicted molar refractivity (Wildman–Crippen MR) is 85.9 cm³/mol. The molecule has 0 saturated heterocycles. The monoisotopic (exact) mass is 323 g/mol. The first-order chi connectivity index (χ1) is 10.5. The topological polar surface area (TPSA) is 77.3 Å². The summed E-state index contributed by atoms with van der Waals surface area (Å²) >= 11 is 5.57. The molecule has 0 amide bonds. The van der Waals surface area contributed by atoms with Crippen molar-refractivity contribution in [3.63, 3.8) is 0 Å². The van der Waals surface area contributed by atoms with Gasteiger partial charge in [0.25, 0.3) is 5.69 Å². The Balaban J connectivity index is 2.90. The molecular weight excluding hydrogens is 306 g/mol. The van der Waals surface area contributed by atoms with Crippen LogP contribution in [0.3, 0.4) is 0 Å². The van der Waals surface area contributed by atoms with Crippen LogP contribution < -0.4 is 0 Å². The molecule has 0 aliphatic carbocycles. The summed E-state index contributed by atoms with van der Waals surface area (Å²) in [5.74, 6) is -0.0282. The summed E-state index contributed by atoms with van der Waals surface area (Å²) in [6.07, 6.45) is 4.03. The fourth-order valence-corrected chi connectivity index (χ4v) is 2.15. The van der Waals surface area contributed by atoms with Gasteiger partial charge in [0.05, 0.1) is 10.5 Å². The Morgan fingerprint density at radius 2 is 2.00 bits per heavy atom. The highest BCUT2D eigenvalue weighted by atomic mass is 35.5. The van der Waals surface area contributed by atoms with Gasteiger partial charge >= 0.3 is 0 Å². The molecule has 0 radical (unpaired) electrons. The Bertz CT molecular complexity index is 596. The second kappa shape index (κ2) is 9.10. The Morgan fingerprint density at radius 1 is 1.27 bits per heavy atom. The summed E-state index contributed by atoms with van der Waals surface area (Å²) in [5, 5.41) is 10.7. The first-order valence-corrected chi connectivity index (χ1v) is 7.55. The number of hydrogen-bond acceptors (Lipinski definition) is 4. The molecule has 0 bridgehead atoms. The summed E-state index contributed by atoms with van der Waals surface area (Å²) < 4.78 is 0. The van der Waals surface area contributed by atoms with Gasteiger partial charge in [-0.05, 0) is 31.4 Å². The zero-order valence-electron chi connectivity index (χ0n) is 12.4. The van der Waals surface area contributed by atoms with Crippen molar-refractivity contribution in [2.75, 3.05) is 5.88 Å². The SMILES string of the molecule is CC(=O)C(=Cc1cccc([N+](=O)[O-])c1)C(=O)CCCCCCl. The normalized spacial score (nSPS) is 11.3. The molecule has 118 valence electrons. The number of benzene rings is 1. The number of allylic oxidation sites excluding steroid dienone is 1. The molecular formula is C16H18ClNO4. The van der Waals surface area contributed by atoms with Gasteiger partial charge in [-0.25, -0.2) is 0 Å². The maximum absolute atomic E-state index is 12.1. The molecule has 0 heterocycles. The number of hydrogen-bond donors (Lipinski definition) is 0. The van der Waals surface area contributed by atoms with E-state index in [1.165, 1.54) is 31.2 Å². The zero-order chi connectivity index (χ0) is 16.5. The second-order valence-electron chi connectivity index (χ2n) is 4.89. The van der Waals surface area contributed by atoms with Gasteiger partial charge in [-0.15, -0.1) is 11.6 Å². The van der Waals surface area contributed by atoms with Crippen LogP contribution in [0.2, 0.25) is 0 Å². The van der Waals surface area contributed by atoms with Crippen molar-refractivity contribution < 1.29 is 14.5 Å². The standard InChI is InChI=1S/C16H18ClNO4/c1-12(19)15(16(20)8-3-2-4-9-17)11-13-6-5-7-14(10-13)18(21)22/h5-7,10-11H,2-4,8-9H2,1H3. The third kappa shape index (κ3) is 5.77. The van der Waals surface area contributed by atoms with Gasteiger partial charge in [0.15, 0.2) is 11.6 Å². The number of nitro groups is 1. The van der Waals surface area contributed by atoms with Crippen molar-refractivity contribution >= 4 is 34.9 Å². The molecule has 0 unspecified atom stereocenters. The molecule has 1 aromatic rings. The van der Waals surface area contributed by atoms with Crippen molar-refractivity contribution in [1.29, 1.82) is 0 Å². The molecule has 0 atom stereocenters. The second-order valence-corrected chi connectivity index (χ2v) is 5.27. The summed E-state index contributed by atoms with van der Waals surface area (Å²) in [7, 11) is 0. The zero-order valence-corrected chi connectivity index (χ0v) is 13.1. The first-order valence-electron chi connectivity index (χ1n) is 7.02. The number of alkyl halides is 1. The van der Waals surface area contributed by atoms with Crippen molar-refractivity contribution in [3.8, 4) is 0 Å². The Morgan fingerprint density at radius 3 is 2.59 bits per heavy atom. The number of nitrogens with zero attached hydrogens (tertiary/aromatic N) is 1. The highest BCUT2D eigenvalue weighted by Crippen LogP contribution is 2.17. The van der Waals surface area contributed by atoms with E-state index in [0.29, 0.717) is 17.9 Å². The lowest BCUT2D eigenvalue weighted by molar-refractivity contribution is -0.384. The molecule has 1 aromatic carbocycles. The lowest BCUT2D eigenvalue weighted by Gasteiger charge is -2.04. The first kappa shape index (κ1) is 18.0. The molecule has 0 aliphatic rings. The fourth-order valence-electron chi connectivity index (χ4n) is 1.96.